The highest BCUT2D eigenvalue weighted by Gasteiger charge is 2.34. The first kappa shape index (κ1) is 19.2. The van der Waals surface area contributed by atoms with E-state index < -0.39 is 0 Å². The first-order valence-electron chi connectivity index (χ1n) is 10.3. The predicted molar refractivity (Wildman–Crippen MR) is 117 cm³/mol. The molecule has 0 spiro atoms. The van der Waals surface area contributed by atoms with E-state index in [0.717, 1.165) is 61.5 Å². The fourth-order valence-electron chi connectivity index (χ4n) is 3.69. The zero-order valence-corrected chi connectivity index (χ0v) is 16.8. The summed E-state index contributed by atoms with van der Waals surface area (Å²) in [6.45, 7) is 5.22. The molecule has 2 amide bonds. The van der Waals surface area contributed by atoms with E-state index in [1.54, 1.807) is 6.08 Å². The summed E-state index contributed by atoms with van der Waals surface area (Å²) in [6.07, 6.45) is 3.75. The Morgan fingerprint density at radius 1 is 0.931 bits per heavy atom. The van der Waals surface area contributed by atoms with Crippen molar-refractivity contribution in [1.82, 2.24) is 4.90 Å². The van der Waals surface area contributed by atoms with Crippen LogP contribution < -0.4 is 10.2 Å². The molecule has 1 aliphatic carbocycles. The van der Waals surface area contributed by atoms with Gasteiger partial charge in [0, 0.05) is 49.5 Å². The fourth-order valence-corrected chi connectivity index (χ4v) is 3.69. The molecule has 1 aliphatic heterocycles. The third kappa shape index (κ3) is 4.86. The lowest BCUT2D eigenvalue weighted by Crippen LogP contribution is -2.49. The van der Waals surface area contributed by atoms with Crippen LogP contribution in [-0.4, -0.2) is 42.9 Å². The number of carbonyl (C=O) groups is 2. The molecule has 5 nitrogen and oxygen atoms in total. The van der Waals surface area contributed by atoms with Gasteiger partial charge in [0.05, 0.1) is 0 Å². The Kier molecular flexibility index (Phi) is 5.65. The van der Waals surface area contributed by atoms with E-state index in [1.165, 1.54) is 0 Å². The third-order valence-electron chi connectivity index (χ3n) is 5.59. The molecule has 5 heteroatoms. The van der Waals surface area contributed by atoms with Gasteiger partial charge in [-0.1, -0.05) is 30.3 Å². The van der Waals surface area contributed by atoms with Gasteiger partial charge in [-0.25, -0.2) is 0 Å². The standard InChI is InChI=1S/C24H27N3O2/c1-18(19-5-3-2-4-6-19)17-23(28)25-21-9-11-22(12-10-21)26-13-15-27(16-14-26)24(29)20-7-8-20/h2-6,9-12,17,20H,7-8,13-16H2,1H3,(H,25,28)/b18-17+. The Morgan fingerprint density at radius 2 is 1.59 bits per heavy atom. The van der Waals surface area contributed by atoms with E-state index in [2.05, 4.69) is 10.2 Å². The predicted octanol–water partition coefficient (Wildman–Crippen LogP) is 3.79. The average molecular weight is 389 g/mol. The van der Waals surface area contributed by atoms with Crippen molar-refractivity contribution >= 4 is 28.8 Å². The summed E-state index contributed by atoms with van der Waals surface area (Å²) in [6, 6.07) is 17.8. The fraction of sp³-hybridized carbons (Fsp3) is 0.333. The number of nitrogens with one attached hydrogen (secondary N) is 1. The van der Waals surface area contributed by atoms with Crippen molar-refractivity contribution in [1.29, 1.82) is 0 Å². The van der Waals surface area contributed by atoms with Gasteiger partial charge in [-0.15, -0.1) is 0 Å². The van der Waals surface area contributed by atoms with Crippen LogP contribution in [0.2, 0.25) is 0 Å². The maximum absolute atomic E-state index is 12.3. The van der Waals surface area contributed by atoms with E-state index in [4.69, 9.17) is 0 Å². The Morgan fingerprint density at radius 3 is 2.21 bits per heavy atom. The monoisotopic (exact) mass is 389 g/mol. The molecule has 1 saturated heterocycles. The molecule has 1 heterocycles. The van der Waals surface area contributed by atoms with Gasteiger partial charge in [0.25, 0.3) is 0 Å². The van der Waals surface area contributed by atoms with E-state index in [1.807, 2.05) is 66.4 Å². The molecule has 2 aromatic carbocycles. The van der Waals surface area contributed by atoms with Crippen molar-refractivity contribution in [3.8, 4) is 0 Å². The van der Waals surface area contributed by atoms with E-state index in [0.29, 0.717) is 11.8 Å². The van der Waals surface area contributed by atoms with Crippen LogP contribution in [0.25, 0.3) is 5.57 Å². The number of hydrogen-bond acceptors (Lipinski definition) is 3. The van der Waals surface area contributed by atoms with Gasteiger partial charge in [0.15, 0.2) is 0 Å². The van der Waals surface area contributed by atoms with Crippen molar-refractivity contribution < 1.29 is 9.59 Å². The quantitative estimate of drug-likeness (QED) is 0.792. The Balaban J connectivity index is 1.31. The maximum atomic E-state index is 12.3. The van der Waals surface area contributed by atoms with Crippen LogP contribution >= 0.6 is 0 Å². The highest BCUT2D eigenvalue weighted by atomic mass is 16.2. The normalized spacial score (nSPS) is 17.2. The van der Waals surface area contributed by atoms with E-state index in [-0.39, 0.29) is 5.91 Å². The van der Waals surface area contributed by atoms with E-state index in [9.17, 15) is 9.59 Å². The topological polar surface area (TPSA) is 52.7 Å². The molecular formula is C24H27N3O2. The van der Waals surface area contributed by atoms with Crippen LogP contribution in [0, 0.1) is 5.92 Å². The smallest absolute Gasteiger partial charge is 0.248 e. The van der Waals surface area contributed by atoms with Crippen molar-refractivity contribution in [3.05, 3.63) is 66.2 Å². The number of hydrogen-bond donors (Lipinski definition) is 1. The highest BCUT2D eigenvalue weighted by molar-refractivity contribution is 6.03. The number of carbonyl (C=O) groups excluding carboxylic acids is 2. The zero-order chi connectivity index (χ0) is 20.2. The van der Waals surface area contributed by atoms with Gasteiger partial charge in [0.2, 0.25) is 11.8 Å². The van der Waals surface area contributed by atoms with Crippen LogP contribution in [0.5, 0.6) is 0 Å². The summed E-state index contributed by atoms with van der Waals surface area (Å²) in [7, 11) is 0. The molecule has 150 valence electrons. The van der Waals surface area contributed by atoms with Gasteiger partial charge in [-0.3, -0.25) is 9.59 Å². The summed E-state index contributed by atoms with van der Waals surface area (Å²) in [5.41, 5.74) is 3.87. The molecule has 0 aromatic heterocycles. The highest BCUT2D eigenvalue weighted by Crippen LogP contribution is 2.31. The lowest BCUT2D eigenvalue weighted by Gasteiger charge is -2.36. The first-order valence-corrected chi connectivity index (χ1v) is 10.3. The summed E-state index contributed by atoms with van der Waals surface area (Å²) < 4.78 is 0. The van der Waals surface area contributed by atoms with Gasteiger partial charge >= 0.3 is 0 Å². The summed E-state index contributed by atoms with van der Waals surface area (Å²) in [5.74, 6) is 0.497. The van der Waals surface area contributed by atoms with Gasteiger partial charge in [0.1, 0.15) is 0 Å². The molecular weight excluding hydrogens is 362 g/mol. The molecule has 4 rings (SSSR count). The molecule has 29 heavy (non-hydrogen) atoms. The third-order valence-corrected chi connectivity index (χ3v) is 5.59. The summed E-state index contributed by atoms with van der Waals surface area (Å²) >= 11 is 0. The zero-order valence-electron chi connectivity index (χ0n) is 16.8. The largest absolute Gasteiger partial charge is 0.368 e. The van der Waals surface area contributed by atoms with Crippen molar-refractivity contribution in [2.75, 3.05) is 36.4 Å². The Labute approximate surface area is 172 Å². The number of allylic oxidation sites excluding steroid dienone is 1. The number of amides is 2. The molecule has 1 saturated carbocycles. The molecule has 1 N–H and O–H groups in total. The molecule has 2 aliphatic rings. The van der Waals surface area contributed by atoms with Gasteiger partial charge in [-0.05, 0) is 55.2 Å². The Hall–Kier alpha value is -3.08. The number of rotatable bonds is 5. The van der Waals surface area contributed by atoms with Crippen LogP contribution in [0.15, 0.2) is 60.7 Å². The minimum Gasteiger partial charge on any atom is -0.368 e. The summed E-state index contributed by atoms with van der Waals surface area (Å²) in [4.78, 5) is 28.8. The molecule has 0 radical (unpaired) electrons. The average Bonchev–Trinajstić information content (AvgIpc) is 3.60. The lowest BCUT2D eigenvalue weighted by molar-refractivity contribution is -0.132. The second-order valence-corrected chi connectivity index (χ2v) is 7.82. The SMILES string of the molecule is C/C(=C\C(=O)Nc1ccc(N2CCN(C(=O)C3CC3)CC2)cc1)c1ccccc1. The van der Waals surface area contributed by atoms with Crippen LogP contribution in [0.4, 0.5) is 11.4 Å². The van der Waals surface area contributed by atoms with Crippen molar-refractivity contribution in [2.24, 2.45) is 5.92 Å². The van der Waals surface area contributed by atoms with Crippen LogP contribution in [-0.2, 0) is 9.59 Å². The first-order chi connectivity index (χ1) is 14.1. The number of anilines is 2. The molecule has 0 bridgehead atoms. The minimum atomic E-state index is -0.133. The summed E-state index contributed by atoms with van der Waals surface area (Å²) in [5, 5.41) is 2.93. The van der Waals surface area contributed by atoms with Crippen LogP contribution in [0.1, 0.15) is 25.3 Å². The molecule has 0 atom stereocenters. The Bertz CT molecular complexity index is 893. The number of nitrogens with zero attached hydrogens (tertiary/aromatic N) is 2. The number of benzene rings is 2. The molecule has 2 fully saturated rings. The second-order valence-electron chi connectivity index (χ2n) is 7.82. The van der Waals surface area contributed by atoms with E-state index >= 15 is 0 Å². The van der Waals surface area contributed by atoms with Crippen molar-refractivity contribution in [3.63, 3.8) is 0 Å². The maximum Gasteiger partial charge on any atom is 0.248 e. The molecule has 0 unspecified atom stereocenters. The van der Waals surface area contributed by atoms with Crippen molar-refractivity contribution in [2.45, 2.75) is 19.8 Å². The second kappa shape index (κ2) is 8.52. The molecule has 2 aromatic rings. The number of piperazine rings is 1. The van der Waals surface area contributed by atoms with Gasteiger partial charge in [-0.2, -0.15) is 0 Å². The van der Waals surface area contributed by atoms with Gasteiger partial charge < -0.3 is 15.1 Å². The lowest BCUT2D eigenvalue weighted by atomic mass is 10.1. The minimum absolute atomic E-state index is 0.133. The van der Waals surface area contributed by atoms with Crippen LogP contribution in [0.3, 0.4) is 0 Å².